The SMILES string of the molecule is COCCOc1ccc(C(C)Nc2ccc(C)c(C)c2)cc1OC. The molecule has 0 fully saturated rings. The van der Waals surface area contributed by atoms with Crippen molar-refractivity contribution in [2.75, 3.05) is 32.8 Å². The van der Waals surface area contributed by atoms with Crippen molar-refractivity contribution in [2.24, 2.45) is 0 Å². The third-order valence-corrected chi connectivity index (χ3v) is 4.12. The highest BCUT2D eigenvalue weighted by Gasteiger charge is 2.11. The Morgan fingerprint density at radius 2 is 1.71 bits per heavy atom. The van der Waals surface area contributed by atoms with Gasteiger partial charge in [-0.15, -0.1) is 0 Å². The van der Waals surface area contributed by atoms with Gasteiger partial charge in [0, 0.05) is 18.8 Å². The van der Waals surface area contributed by atoms with E-state index in [1.54, 1.807) is 14.2 Å². The van der Waals surface area contributed by atoms with Gasteiger partial charge in [0.1, 0.15) is 6.61 Å². The second-order valence-electron chi connectivity index (χ2n) is 5.92. The Labute approximate surface area is 144 Å². The van der Waals surface area contributed by atoms with Gasteiger partial charge in [-0.2, -0.15) is 0 Å². The predicted octanol–water partition coefficient (Wildman–Crippen LogP) is 4.51. The van der Waals surface area contributed by atoms with E-state index in [1.807, 2.05) is 12.1 Å². The molecule has 24 heavy (non-hydrogen) atoms. The van der Waals surface area contributed by atoms with Gasteiger partial charge < -0.3 is 19.5 Å². The second-order valence-corrected chi connectivity index (χ2v) is 5.92. The van der Waals surface area contributed by atoms with Crippen LogP contribution in [0.25, 0.3) is 0 Å². The Bertz CT molecular complexity index is 670. The monoisotopic (exact) mass is 329 g/mol. The predicted molar refractivity (Wildman–Crippen MR) is 98.3 cm³/mol. The molecule has 0 saturated heterocycles. The fraction of sp³-hybridized carbons (Fsp3) is 0.400. The molecule has 1 unspecified atom stereocenters. The van der Waals surface area contributed by atoms with Crippen LogP contribution < -0.4 is 14.8 Å². The molecule has 0 amide bonds. The van der Waals surface area contributed by atoms with Crippen molar-refractivity contribution in [3.05, 3.63) is 53.1 Å². The van der Waals surface area contributed by atoms with Gasteiger partial charge in [0.25, 0.3) is 0 Å². The van der Waals surface area contributed by atoms with E-state index in [0.29, 0.717) is 13.2 Å². The Morgan fingerprint density at radius 1 is 0.917 bits per heavy atom. The summed E-state index contributed by atoms with van der Waals surface area (Å²) in [7, 11) is 3.31. The van der Waals surface area contributed by atoms with Crippen molar-refractivity contribution < 1.29 is 14.2 Å². The van der Waals surface area contributed by atoms with Gasteiger partial charge in [-0.25, -0.2) is 0 Å². The average molecular weight is 329 g/mol. The summed E-state index contributed by atoms with van der Waals surface area (Å²) in [6.45, 7) is 7.43. The van der Waals surface area contributed by atoms with Crippen molar-refractivity contribution in [3.63, 3.8) is 0 Å². The second kappa shape index (κ2) is 8.60. The molecule has 0 aliphatic heterocycles. The third-order valence-electron chi connectivity index (χ3n) is 4.12. The highest BCUT2D eigenvalue weighted by atomic mass is 16.5. The smallest absolute Gasteiger partial charge is 0.161 e. The summed E-state index contributed by atoms with van der Waals surface area (Å²) in [4.78, 5) is 0. The van der Waals surface area contributed by atoms with Gasteiger partial charge in [0.05, 0.1) is 13.7 Å². The van der Waals surface area contributed by atoms with E-state index in [2.05, 4.69) is 50.4 Å². The molecule has 2 aromatic carbocycles. The minimum Gasteiger partial charge on any atom is -0.493 e. The van der Waals surface area contributed by atoms with Crippen LogP contribution in [0.5, 0.6) is 11.5 Å². The van der Waals surface area contributed by atoms with E-state index in [9.17, 15) is 0 Å². The number of aryl methyl sites for hydroxylation is 2. The first-order valence-corrected chi connectivity index (χ1v) is 8.18. The van der Waals surface area contributed by atoms with E-state index >= 15 is 0 Å². The molecule has 2 aromatic rings. The Balaban J connectivity index is 2.10. The maximum Gasteiger partial charge on any atom is 0.161 e. The Morgan fingerprint density at radius 3 is 2.38 bits per heavy atom. The molecule has 1 N–H and O–H groups in total. The summed E-state index contributed by atoms with van der Waals surface area (Å²) in [6.07, 6.45) is 0. The summed E-state index contributed by atoms with van der Waals surface area (Å²) in [5, 5.41) is 3.53. The Hall–Kier alpha value is -2.20. The van der Waals surface area contributed by atoms with Crippen LogP contribution in [0.2, 0.25) is 0 Å². The maximum absolute atomic E-state index is 5.68. The number of hydrogen-bond acceptors (Lipinski definition) is 4. The van der Waals surface area contributed by atoms with Crippen LogP contribution in [0.3, 0.4) is 0 Å². The largest absolute Gasteiger partial charge is 0.493 e. The van der Waals surface area contributed by atoms with E-state index in [-0.39, 0.29) is 6.04 Å². The zero-order chi connectivity index (χ0) is 17.5. The van der Waals surface area contributed by atoms with E-state index < -0.39 is 0 Å². The molecule has 4 nitrogen and oxygen atoms in total. The first-order chi connectivity index (χ1) is 11.5. The number of nitrogens with one attached hydrogen (secondary N) is 1. The highest BCUT2D eigenvalue weighted by Crippen LogP contribution is 2.31. The van der Waals surface area contributed by atoms with E-state index in [0.717, 1.165) is 22.7 Å². The number of rotatable bonds is 8. The van der Waals surface area contributed by atoms with Gasteiger partial charge in [-0.3, -0.25) is 0 Å². The first kappa shape index (κ1) is 18.1. The molecule has 2 rings (SSSR count). The first-order valence-electron chi connectivity index (χ1n) is 8.18. The van der Waals surface area contributed by atoms with E-state index in [4.69, 9.17) is 14.2 Å². The molecule has 0 aliphatic carbocycles. The molecule has 0 radical (unpaired) electrons. The normalized spacial score (nSPS) is 11.9. The van der Waals surface area contributed by atoms with Crippen LogP contribution in [0.1, 0.15) is 29.7 Å². The summed E-state index contributed by atoms with van der Waals surface area (Å²) >= 11 is 0. The van der Waals surface area contributed by atoms with Crippen LogP contribution in [0, 0.1) is 13.8 Å². The number of anilines is 1. The molecule has 4 heteroatoms. The zero-order valence-corrected chi connectivity index (χ0v) is 15.2. The Kier molecular flexibility index (Phi) is 6.50. The lowest BCUT2D eigenvalue weighted by molar-refractivity contribution is 0.144. The maximum atomic E-state index is 5.68. The fourth-order valence-electron chi connectivity index (χ4n) is 2.47. The topological polar surface area (TPSA) is 39.7 Å². The molecule has 0 heterocycles. The third kappa shape index (κ3) is 4.65. The standard InChI is InChI=1S/C20H27NO3/c1-14-6-8-18(12-15(14)2)21-16(3)17-7-9-19(20(13-17)23-5)24-11-10-22-4/h6-9,12-13,16,21H,10-11H2,1-5H3. The molecule has 0 spiro atoms. The summed E-state index contributed by atoms with van der Waals surface area (Å²) < 4.78 is 16.1. The van der Waals surface area contributed by atoms with Crippen LogP contribution >= 0.6 is 0 Å². The average Bonchev–Trinajstić information content (AvgIpc) is 2.58. The highest BCUT2D eigenvalue weighted by molar-refractivity contribution is 5.51. The van der Waals surface area contributed by atoms with Gasteiger partial charge in [0.15, 0.2) is 11.5 Å². The number of benzene rings is 2. The van der Waals surface area contributed by atoms with Crippen LogP contribution in [0.4, 0.5) is 5.69 Å². The van der Waals surface area contributed by atoms with Crippen LogP contribution in [-0.2, 0) is 4.74 Å². The minimum atomic E-state index is 0.161. The molecule has 130 valence electrons. The molecular weight excluding hydrogens is 302 g/mol. The molecule has 0 aliphatic rings. The van der Waals surface area contributed by atoms with Crippen LogP contribution in [-0.4, -0.2) is 27.4 Å². The van der Waals surface area contributed by atoms with Crippen molar-refractivity contribution in [3.8, 4) is 11.5 Å². The number of hydrogen-bond donors (Lipinski definition) is 1. The van der Waals surface area contributed by atoms with Crippen molar-refractivity contribution in [1.82, 2.24) is 0 Å². The van der Waals surface area contributed by atoms with Gasteiger partial charge >= 0.3 is 0 Å². The number of ether oxygens (including phenoxy) is 3. The van der Waals surface area contributed by atoms with Gasteiger partial charge in [-0.1, -0.05) is 12.1 Å². The van der Waals surface area contributed by atoms with Gasteiger partial charge in [-0.05, 0) is 61.7 Å². The van der Waals surface area contributed by atoms with Crippen LogP contribution in [0.15, 0.2) is 36.4 Å². The van der Waals surface area contributed by atoms with Crippen molar-refractivity contribution in [2.45, 2.75) is 26.8 Å². The lowest BCUT2D eigenvalue weighted by Crippen LogP contribution is -2.08. The summed E-state index contributed by atoms with van der Waals surface area (Å²) in [5.74, 6) is 1.47. The van der Waals surface area contributed by atoms with Gasteiger partial charge in [0.2, 0.25) is 0 Å². The fourth-order valence-corrected chi connectivity index (χ4v) is 2.47. The summed E-state index contributed by atoms with van der Waals surface area (Å²) in [5.41, 5.74) is 4.84. The zero-order valence-electron chi connectivity index (χ0n) is 15.2. The van der Waals surface area contributed by atoms with Crippen molar-refractivity contribution in [1.29, 1.82) is 0 Å². The van der Waals surface area contributed by atoms with Crippen molar-refractivity contribution >= 4 is 5.69 Å². The number of methoxy groups -OCH3 is 2. The molecular formula is C20H27NO3. The molecule has 1 atom stereocenters. The molecule has 0 bridgehead atoms. The molecule has 0 aromatic heterocycles. The molecule has 0 saturated carbocycles. The lowest BCUT2D eigenvalue weighted by atomic mass is 10.1. The quantitative estimate of drug-likeness (QED) is 0.723. The summed E-state index contributed by atoms with van der Waals surface area (Å²) in [6, 6.07) is 12.6. The minimum absolute atomic E-state index is 0.161. The lowest BCUT2D eigenvalue weighted by Gasteiger charge is -2.19. The van der Waals surface area contributed by atoms with E-state index in [1.165, 1.54) is 11.1 Å².